The Morgan fingerprint density at radius 3 is 2.72 bits per heavy atom. The lowest BCUT2D eigenvalue weighted by Gasteiger charge is -2.08. The van der Waals surface area contributed by atoms with Crippen molar-refractivity contribution in [3.8, 4) is 0 Å². The molecule has 1 rings (SSSR count). The van der Waals surface area contributed by atoms with Crippen LogP contribution >= 0.6 is 11.6 Å². The van der Waals surface area contributed by atoms with E-state index < -0.39 is 33.3 Å². The number of carbonyl (C=O) groups excluding carboxylic acids is 1. The molecular formula is C9H10ClFN2O4S. The zero-order valence-electron chi connectivity index (χ0n) is 9.24. The molecular weight excluding hydrogens is 287 g/mol. The fraction of sp³-hybridized carbons (Fsp3) is 0.222. The molecule has 1 aromatic rings. The molecule has 0 saturated carbocycles. The Labute approximate surface area is 108 Å². The van der Waals surface area contributed by atoms with Gasteiger partial charge in [-0.3, -0.25) is 4.79 Å². The van der Waals surface area contributed by atoms with Crippen molar-refractivity contribution in [2.24, 2.45) is 0 Å². The Kier molecular flexibility index (Phi) is 4.49. The highest BCUT2D eigenvalue weighted by Gasteiger charge is 2.21. The summed E-state index contributed by atoms with van der Waals surface area (Å²) >= 11 is 5.60. The molecule has 1 aromatic carbocycles. The van der Waals surface area contributed by atoms with Crippen molar-refractivity contribution >= 4 is 33.3 Å². The maximum Gasteiger partial charge on any atom is 0.320 e. The summed E-state index contributed by atoms with van der Waals surface area (Å²) in [6.07, 6.45) is 0. The van der Waals surface area contributed by atoms with Crippen molar-refractivity contribution < 1.29 is 22.3 Å². The van der Waals surface area contributed by atoms with Crippen molar-refractivity contribution in [3.05, 3.63) is 23.0 Å². The number of hydrogen-bond acceptors (Lipinski definition) is 5. The van der Waals surface area contributed by atoms with E-state index in [1.165, 1.54) is 0 Å². The van der Waals surface area contributed by atoms with Crippen LogP contribution in [0.2, 0.25) is 5.02 Å². The van der Waals surface area contributed by atoms with E-state index in [-0.39, 0.29) is 10.7 Å². The summed E-state index contributed by atoms with van der Waals surface area (Å²) in [4.78, 5) is 10.4. The molecule has 3 N–H and O–H groups in total. The molecule has 0 aliphatic rings. The van der Waals surface area contributed by atoms with E-state index in [4.69, 9.17) is 17.3 Å². The number of nitrogens with two attached hydrogens (primary N) is 1. The minimum atomic E-state index is -4.06. The molecule has 100 valence electrons. The van der Waals surface area contributed by atoms with E-state index >= 15 is 0 Å². The predicted molar refractivity (Wildman–Crippen MR) is 63.0 cm³/mol. The van der Waals surface area contributed by atoms with Gasteiger partial charge in [0.1, 0.15) is 17.3 Å². The van der Waals surface area contributed by atoms with Crippen LogP contribution < -0.4 is 10.5 Å². The largest absolute Gasteiger partial charge is 0.468 e. The van der Waals surface area contributed by atoms with E-state index in [1.807, 2.05) is 4.72 Å². The first kappa shape index (κ1) is 14.7. The molecule has 9 heteroatoms. The lowest BCUT2D eigenvalue weighted by molar-refractivity contribution is -0.139. The zero-order chi connectivity index (χ0) is 13.9. The fourth-order valence-electron chi connectivity index (χ4n) is 1.05. The van der Waals surface area contributed by atoms with Gasteiger partial charge in [-0.1, -0.05) is 11.6 Å². The number of halogens is 2. The van der Waals surface area contributed by atoms with E-state index in [1.54, 1.807) is 0 Å². The molecule has 0 atom stereocenters. The fourth-order valence-corrected chi connectivity index (χ4v) is 2.57. The SMILES string of the molecule is COC(=O)CNS(=O)(=O)c1cc(N)c(F)cc1Cl. The third kappa shape index (κ3) is 3.31. The Balaban J connectivity index is 3.06. The quantitative estimate of drug-likeness (QED) is 0.623. The van der Waals surface area contributed by atoms with Gasteiger partial charge >= 0.3 is 5.97 Å². The molecule has 0 heterocycles. The minimum absolute atomic E-state index is 0.334. The number of esters is 1. The number of hydrogen-bond donors (Lipinski definition) is 2. The van der Waals surface area contributed by atoms with Crippen LogP contribution in [-0.4, -0.2) is 28.0 Å². The number of benzene rings is 1. The van der Waals surface area contributed by atoms with Crippen LogP contribution in [0.4, 0.5) is 10.1 Å². The molecule has 0 aliphatic carbocycles. The second-order valence-electron chi connectivity index (χ2n) is 3.20. The lowest BCUT2D eigenvalue weighted by Crippen LogP contribution is -2.30. The van der Waals surface area contributed by atoms with Gasteiger partial charge < -0.3 is 10.5 Å². The lowest BCUT2D eigenvalue weighted by atomic mass is 10.3. The van der Waals surface area contributed by atoms with Gasteiger partial charge in [0, 0.05) is 0 Å². The molecule has 0 unspecified atom stereocenters. The van der Waals surface area contributed by atoms with Crippen molar-refractivity contribution in [1.82, 2.24) is 4.72 Å². The Morgan fingerprint density at radius 1 is 1.56 bits per heavy atom. The summed E-state index contributed by atoms with van der Waals surface area (Å²) in [5.41, 5.74) is 4.89. The van der Waals surface area contributed by atoms with Crippen molar-refractivity contribution in [2.75, 3.05) is 19.4 Å². The van der Waals surface area contributed by atoms with Crippen molar-refractivity contribution in [1.29, 1.82) is 0 Å². The van der Waals surface area contributed by atoms with Crippen molar-refractivity contribution in [2.45, 2.75) is 4.90 Å². The second kappa shape index (κ2) is 5.51. The number of carbonyl (C=O) groups is 1. The zero-order valence-corrected chi connectivity index (χ0v) is 10.8. The number of nitrogen functional groups attached to an aromatic ring is 1. The Bertz CT molecular complexity index is 576. The van der Waals surface area contributed by atoms with Gasteiger partial charge in [-0.05, 0) is 12.1 Å². The average molecular weight is 297 g/mol. The van der Waals surface area contributed by atoms with Crippen LogP contribution in [0.5, 0.6) is 0 Å². The first-order valence-electron chi connectivity index (χ1n) is 4.59. The molecule has 6 nitrogen and oxygen atoms in total. The Morgan fingerprint density at radius 2 is 2.17 bits per heavy atom. The van der Waals surface area contributed by atoms with Gasteiger partial charge in [-0.15, -0.1) is 0 Å². The molecule has 0 fully saturated rings. The second-order valence-corrected chi connectivity index (χ2v) is 5.35. The van der Waals surface area contributed by atoms with Gasteiger partial charge in [-0.25, -0.2) is 12.8 Å². The summed E-state index contributed by atoms with van der Waals surface area (Å²) in [5, 5.41) is -0.334. The smallest absolute Gasteiger partial charge is 0.320 e. The summed E-state index contributed by atoms with van der Waals surface area (Å²) in [6.45, 7) is -0.563. The van der Waals surface area contributed by atoms with Crippen LogP contribution in [0.1, 0.15) is 0 Å². The van der Waals surface area contributed by atoms with Gasteiger partial charge in [0.25, 0.3) is 0 Å². The van der Waals surface area contributed by atoms with Crippen LogP contribution in [0.3, 0.4) is 0 Å². The van der Waals surface area contributed by atoms with Crippen molar-refractivity contribution in [3.63, 3.8) is 0 Å². The first-order valence-corrected chi connectivity index (χ1v) is 6.45. The normalized spacial score (nSPS) is 11.3. The first-order chi connectivity index (χ1) is 8.27. The molecule has 0 bridgehead atoms. The monoisotopic (exact) mass is 296 g/mol. The highest BCUT2D eigenvalue weighted by Crippen LogP contribution is 2.25. The molecule has 0 spiro atoms. The van der Waals surface area contributed by atoms with E-state index in [9.17, 15) is 17.6 Å². The molecule has 0 saturated heterocycles. The number of sulfonamides is 1. The number of ether oxygens (including phenoxy) is 1. The van der Waals surface area contributed by atoms with E-state index in [0.717, 1.165) is 19.2 Å². The average Bonchev–Trinajstić information content (AvgIpc) is 2.30. The number of methoxy groups -OCH3 is 1. The third-order valence-electron chi connectivity index (χ3n) is 1.97. The van der Waals surface area contributed by atoms with Crippen LogP contribution in [-0.2, 0) is 19.6 Å². The maximum atomic E-state index is 13.0. The molecule has 0 amide bonds. The molecule has 0 aliphatic heterocycles. The van der Waals surface area contributed by atoms with Gasteiger partial charge in [-0.2, -0.15) is 4.72 Å². The van der Waals surface area contributed by atoms with Crippen LogP contribution in [0.25, 0.3) is 0 Å². The number of nitrogens with one attached hydrogen (secondary N) is 1. The van der Waals surface area contributed by atoms with Gasteiger partial charge in [0.05, 0.1) is 17.8 Å². The Hall–Kier alpha value is -1.38. The minimum Gasteiger partial charge on any atom is -0.468 e. The van der Waals surface area contributed by atoms with Crippen LogP contribution in [0.15, 0.2) is 17.0 Å². The molecule has 0 aromatic heterocycles. The maximum absolute atomic E-state index is 13.0. The number of anilines is 1. The van der Waals surface area contributed by atoms with E-state index in [2.05, 4.69) is 4.74 Å². The third-order valence-corrected chi connectivity index (χ3v) is 3.84. The topological polar surface area (TPSA) is 98.5 Å². The summed E-state index contributed by atoms with van der Waals surface area (Å²) < 4.78 is 42.7. The highest BCUT2D eigenvalue weighted by atomic mass is 35.5. The summed E-state index contributed by atoms with van der Waals surface area (Å²) in [7, 11) is -2.95. The summed E-state index contributed by atoms with van der Waals surface area (Å²) in [6, 6.07) is 1.65. The number of rotatable bonds is 4. The van der Waals surface area contributed by atoms with Crippen LogP contribution in [0, 0.1) is 5.82 Å². The summed E-state index contributed by atoms with van der Waals surface area (Å²) in [5.74, 6) is -1.60. The van der Waals surface area contributed by atoms with E-state index in [0.29, 0.717) is 0 Å². The molecule has 0 radical (unpaired) electrons. The van der Waals surface area contributed by atoms with Gasteiger partial charge in [0.15, 0.2) is 0 Å². The molecule has 18 heavy (non-hydrogen) atoms. The standard InChI is InChI=1S/C9H10ClFN2O4S/c1-17-9(14)4-13-18(15,16)8-3-7(12)6(11)2-5(8)10/h2-3,13H,4,12H2,1H3. The highest BCUT2D eigenvalue weighted by molar-refractivity contribution is 7.89. The predicted octanol–water partition coefficient (Wildman–Crippen LogP) is 0.513. The van der Waals surface area contributed by atoms with Gasteiger partial charge in [0.2, 0.25) is 10.0 Å².